The van der Waals surface area contributed by atoms with Crippen LogP contribution in [0.1, 0.15) is 17.0 Å². The minimum Gasteiger partial charge on any atom is -0.378 e. The van der Waals surface area contributed by atoms with E-state index in [4.69, 9.17) is 0 Å². The Kier molecular flexibility index (Phi) is 3.36. The number of nitrogens with zero attached hydrogens (tertiary/aromatic N) is 4. The lowest BCUT2D eigenvalue weighted by atomic mass is 10.1. The van der Waals surface area contributed by atoms with Crippen molar-refractivity contribution in [3.05, 3.63) is 71.8 Å². The van der Waals surface area contributed by atoms with Gasteiger partial charge in [0, 0.05) is 23.5 Å². The van der Waals surface area contributed by atoms with Gasteiger partial charge in [0.1, 0.15) is 11.7 Å². The van der Waals surface area contributed by atoms with Crippen LogP contribution in [0.25, 0.3) is 16.6 Å². The van der Waals surface area contributed by atoms with Crippen LogP contribution >= 0.6 is 0 Å². The van der Waals surface area contributed by atoms with Gasteiger partial charge in [-0.05, 0) is 25.1 Å². The molecule has 0 radical (unpaired) electrons. The Balaban J connectivity index is 1.71. The molecule has 0 aliphatic carbocycles. The number of fused-ring (bicyclic) bond motifs is 2. The van der Waals surface area contributed by atoms with Crippen molar-refractivity contribution in [2.75, 3.05) is 5.32 Å². The number of nitrogens with one attached hydrogen (secondary N) is 1. The van der Waals surface area contributed by atoms with Crippen LogP contribution in [0, 0.1) is 18.3 Å². The summed E-state index contributed by atoms with van der Waals surface area (Å²) in [5, 5.41) is 13.7. The molecule has 24 heavy (non-hydrogen) atoms. The van der Waals surface area contributed by atoms with Crippen LogP contribution in [0.15, 0.2) is 54.9 Å². The Hall–Kier alpha value is -3.39. The molecule has 0 unspecified atom stereocenters. The minimum absolute atomic E-state index is 0.536. The number of nitriles is 1. The van der Waals surface area contributed by atoms with Crippen LogP contribution < -0.4 is 5.32 Å². The first kappa shape index (κ1) is 14.2. The van der Waals surface area contributed by atoms with E-state index >= 15 is 0 Å². The Labute approximate surface area is 139 Å². The minimum atomic E-state index is 0.536. The molecule has 5 heteroatoms. The third kappa shape index (κ3) is 2.34. The smallest absolute Gasteiger partial charge is 0.137 e. The summed E-state index contributed by atoms with van der Waals surface area (Å²) in [6, 6.07) is 16.0. The van der Waals surface area contributed by atoms with E-state index in [1.54, 1.807) is 6.20 Å². The average Bonchev–Trinajstić information content (AvgIpc) is 3.04. The van der Waals surface area contributed by atoms with E-state index in [0.717, 1.165) is 33.6 Å². The molecule has 0 bridgehead atoms. The summed E-state index contributed by atoms with van der Waals surface area (Å²) in [6.07, 6.45) is 3.63. The normalized spacial score (nSPS) is 10.8. The van der Waals surface area contributed by atoms with Crippen LogP contribution in [-0.4, -0.2) is 14.4 Å². The third-order valence-corrected chi connectivity index (χ3v) is 4.09. The van der Waals surface area contributed by atoms with Gasteiger partial charge in [-0.1, -0.05) is 24.3 Å². The van der Waals surface area contributed by atoms with Crippen molar-refractivity contribution < 1.29 is 0 Å². The summed E-state index contributed by atoms with van der Waals surface area (Å²) in [6.45, 7) is 2.60. The van der Waals surface area contributed by atoms with Crippen LogP contribution in [0.2, 0.25) is 0 Å². The highest BCUT2D eigenvalue weighted by Gasteiger charge is 2.09. The monoisotopic (exact) mass is 313 g/mol. The second-order valence-electron chi connectivity index (χ2n) is 5.66. The Morgan fingerprint density at radius 3 is 2.88 bits per heavy atom. The van der Waals surface area contributed by atoms with Gasteiger partial charge in [-0.15, -0.1) is 0 Å². The molecule has 0 aliphatic heterocycles. The summed E-state index contributed by atoms with van der Waals surface area (Å²) in [7, 11) is 0. The average molecular weight is 313 g/mol. The van der Waals surface area contributed by atoms with Crippen molar-refractivity contribution in [2.24, 2.45) is 0 Å². The van der Waals surface area contributed by atoms with E-state index < -0.39 is 0 Å². The lowest BCUT2D eigenvalue weighted by Crippen LogP contribution is -2.03. The molecule has 5 nitrogen and oxygen atoms in total. The molecule has 1 N–H and O–H groups in total. The number of imidazole rings is 1. The SMILES string of the molecule is Cc1cccc2nc(CNc3c(C#N)cnc4ccccc34)cn12. The number of aryl methyl sites for hydroxylation is 1. The number of rotatable bonds is 3. The van der Waals surface area contributed by atoms with Crippen molar-refractivity contribution in [3.63, 3.8) is 0 Å². The standard InChI is InChI=1S/C19H15N5/c1-13-5-4-8-18-23-15(12-24(13)18)11-22-19-14(9-20)10-21-17-7-3-2-6-16(17)19/h2-8,10,12H,11H2,1H3,(H,21,22). The molecule has 0 amide bonds. The molecule has 0 saturated carbocycles. The van der Waals surface area contributed by atoms with Gasteiger partial charge in [-0.2, -0.15) is 5.26 Å². The second kappa shape index (κ2) is 5.67. The number of hydrogen-bond acceptors (Lipinski definition) is 4. The zero-order valence-corrected chi connectivity index (χ0v) is 13.2. The predicted molar refractivity (Wildman–Crippen MR) is 93.7 cm³/mol. The van der Waals surface area contributed by atoms with Gasteiger partial charge in [0.2, 0.25) is 0 Å². The maximum Gasteiger partial charge on any atom is 0.137 e. The molecule has 116 valence electrons. The molecule has 0 aliphatic rings. The Morgan fingerprint density at radius 2 is 2.04 bits per heavy atom. The molecule has 3 heterocycles. The number of benzene rings is 1. The summed E-state index contributed by atoms with van der Waals surface area (Å²) >= 11 is 0. The van der Waals surface area contributed by atoms with Crippen molar-refractivity contribution in [1.82, 2.24) is 14.4 Å². The van der Waals surface area contributed by atoms with Crippen molar-refractivity contribution in [2.45, 2.75) is 13.5 Å². The van der Waals surface area contributed by atoms with Gasteiger partial charge in [0.25, 0.3) is 0 Å². The number of hydrogen-bond donors (Lipinski definition) is 1. The van der Waals surface area contributed by atoms with Crippen LogP contribution in [0.5, 0.6) is 0 Å². The molecule has 3 aromatic heterocycles. The first-order valence-electron chi connectivity index (χ1n) is 7.71. The number of pyridine rings is 2. The molecule has 0 saturated heterocycles. The van der Waals surface area contributed by atoms with Crippen molar-refractivity contribution in [3.8, 4) is 6.07 Å². The maximum atomic E-state index is 9.38. The summed E-state index contributed by atoms with van der Waals surface area (Å²) < 4.78 is 2.06. The van der Waals surface area contributed by atoms with Crippen LogP contribution in [0.3, 0.4) is 0 Å². The Bertz CT molecular complexity index is 1090. The van der Waals surface area contributed by atoms with Crippen molar-refractivity contribution in [1.29, 1.82) is 5.26 Å². The maximum absolute atomic E-state index is 9.38. The van der Waals surface area contributed by atoms with Crippen LogP contribution in [0.4, 0.5) is 5.69 Å². The fraction of sp³-hybridized carbons (Fsp3) is 0.105. The summed E-state index contributed by atoms with van der Waals surface area (Å²) in [5.74, 6) is 0. The lowest BCUT2D eigenvalue weighted by molar-refractivity contribution is 1.06. The lowest BCUT2D eigenvalue weighted by Gasteiger charge is -2.10. The first-order valence-corrected chi connectivity index (χ1v) is 7.71. The third-order valence-electron chi connectivity index (χ3n) is 4.09. The van der Waals surface area contributed by atoms with E-state index in [2.05, 4.69) is 38.7 Å². The van der Waals surface area contributed by atoms with E-state index in [1.165, 1.54) is 0 Å². The highest BCUT2D eigenvalue weighted by atomic mass is 15.0. The van der Waals surface area contributed by atoms with E-state index in [1.807, 2.05) is 42.6 Å². The molecule has 4 rings (SSSR count). The van der Waals surface area contributed by atoms with Gasteiger partial charge < -0.3 is 9.72 Å². The number of para-hydroxylation sites is 1. The van der Waals surface area contributed by atoms with Crippen LogP contribution in [-0.2, 0) is 6.54 Å². The van der Waals surface area contributed by atoms with Gasteiger partial charge >= 0.3 is 0 Å². The van der Waals surface area contributed by atoms with Gasteiger partial charge in [0.15, 0.2) is 0 Å². The fourth-order valence-corrected chi connectivity index (χ4v) is 2.88. The highest BCUT2D eigenvalue weighted by Crippen LogP contribution is 2.25. The number of aromatic nitrogens is 3. The molecule has 0 fully saturated rings. The largest absolute Gasteiger partial charge is 0.378 e. The quantitative estimate of drug-likeness (QED) is 0.626. The molecule has 0 spiro atoms. The molecule has 0 atom stereocenters. The fourth-order valence-electron chi connectivity index (χ4n) is 2.88. The topological polar surface area (TPSA) is 66.0 Å². The zero-order chi connectivity index (χ0) is 16.5. The molecule has 4 aromatic rings. The van der Waals surface area contributed by atoms with Gasteiger partial charge in [0.05, 0.1) is 29.0 Å². The highest BCUT2D eigenvalue weighted by molar-refractivity contribution is 5.93. The molecule has 1 aromatic carbocycles. The molecular formula is C19H15N5. The number of anilines is 1. The van der Waals surface area contributed by atoms with E-state index in [0.29, 0.717) is 12.1 Å². The van der Waals surface area contributed by atoms with E-state index in [9.17, 15) is 5.26 Å². The zero-order valence-electron chi connectivity index (χ0n) is 13.2. The predicted octanol–water partition coefficient (Wildman–Crippen LogP) is 3.67. The van der Waals surface area contributed by atoms with E-state index in [-0.39, 0.29) is 0 Å². The van der Waals surface area contributed by atoms with Crippen molar-refractivity contribution >= 4 is 22.2 Å². The summed E-state index contributed by atoms with van der Waals surface area (Å²) in [5.41, 5.74) is 5.19. The van der Waals surface area contributed by atoms with Gasteiger partial charge in [-0.25, -0.2) is 4.98 Å². The first-order chi connectivity index (χ1) is 11.8. The second-order valence-corrected chi connectivity index (χ2v) is 5.66. The molecular weight excluding hydrogens is 298 g/mol. The van der Waals surface area contributed by atoms with Gasteiger partial charge in [-0.3, -0.25) is 4.98 Å². The Morgan fingerprint density at radius 1 is 1.17 bits per heavy atom. The summed E-state index contributed by atoms with van der Waals surface area (Å²) in [4.78, 5) is 8.96.